The SMILES string of the molecule is CCC(NC(=O)c1ccn[nH]1)C(N)=NO. The number of hydrogen-bond acceptors (Lipinski definition) is 4. The zero-order valence-electron chi connectivity index (χ0n) is 8.27. The average molecular weight is 211 g/mol. The molecule has 1 rings (SSSR count). The summed E-state index contributed by atoms with van der Waals surface area (Å²) in [5, 5.41) is 20.1. The summed E-state index contributed by atoms with van der Waals surface area (Å²) in [5.41, 5.74) is 5.72. The van der Waals surface area contributed by atoms with Gasteiger partial charge in [0.25, 0.3) is 5.91 Å². The normalized spacial score (nSPS) is 13.5. The number of carbonyl (C=O) groups excluding carboxylic acids is 1. The Morgan fingerprint density at radius 3 is 3.07 bits per heavy atom. The molecule has 1 unspecified atom stereocenters. The Hall–Kier alpha value is -2.05. The van der Waals surface area contributed by atoms with E-state index < -0.39 is 6.04 Å². The number of aromatic amines is 1. The zero-order chi connectivity index (χ0) is 11.3. The molecule has 1 aromatic heterocycles. The fraction of sp³-hybridized carbons (Fsp3) is 0.375. The lowest BCUT2D eigenvalue weighted by molar-refractivity contribution is 0.0940. The first kappa shape index (κ1) is 11.0. The molecule has 0 aliphatic carbocycles. The van der Waals surface area contributed by atoms with Crippen molar-refractivity contribution in [2.45, 2.75) is 19.4 Å². The van der Waals surface area contributed by atoms with Gasteiger partial charge in [-0.2, -0.15) is 5.10 Å². The lowest BCUT2D eigenvalue weighted by atomic mass is 10.2. The first-order valence-electron chi connectivity index (χ1n) is 4.46. The second-order valence-corrected chi connectivity index (χ2v) is 2.93. The summed E-state index contributed by atoms with van der Waals surface area (Å²) >= 11 is 0. The number of amides is 1. The largest absolute Gasteiger partial charge is 0.409 e. The summed E-state index contributed by atoms with van der Waals surface area (Å²) < 4.78 is 0. The van der Waals surface area contributed by atoms with Crippen molar-refractivity contribution in [1.82, 2.24) is 15.5 Å². The minimum atomic E-state index is -0.481. The molecule has 0 radical (unpaired) electrons. The first-order chi connectivity index (χ1) is 7.19. The molecule has 0 spiro atoms. The van der Waals surface area contributed by atoms with Crippen LogP contribution in [0.1, 0.15) is 23.8 Å². The predicted octanol–water partition coefficient (Wildman–Crippen LogP) is -0.335. The Morgan fingerprint density at radius 2 is 2.60 bits per heavy atom. The summed E-state index contributed by atoms with van der Waals surface area (Å²) in [4.78, 5) is 11.5. The van der Waals surface area contributed by atoms with E-state index in [0.29, 0.717) is 12.1 Å². The van der Waals surface area contributed by atoms with Crippen molar-refractivity contribution >= 4 is 11.7 Å². The topological polar surface area (TPSA) is 116 Å². The van der Waals surface area contributed by atoms with Gasteiger partial charge in [0.15, 0.2) is 5.84 Å². The van der Waals surface area contributed by atoms with Gasteiger partial charge in [0.05, 0.1) is 6.04 Å². The summed E-state index contributed by atoms with van der Waals surface area (Å²) in [6, 6.07) is 1.06. The number of nitrogens with zero attached hydrogens (tertiary/aromatic N) is 2. The van der Waals surface area contributed by atoms with Crippen LogP contribution in [-0.2, 0) is 0 Å². The summed E-state index contributed by atoms with van der Waals surface area (Å²) in [6.45, 7) is 1.82. The third-order valence-corrected chi connectivity index (χ3v) is 1.93. The standard InChI is InChI=1S/C8H13N5O2/c1-2-5(7(9)13-15)11-8(14)6-3-4-10-12-6/h3-5,15H,2H2,1H3,(H2,9,13)(H,10,12)(H,11,14). The van der Waals surface area contributed by atoms with Gasteiger partial charge in [0.1, 0.15) is 5.69 Å². The molecule has 7 heteroatoms. The lowest BCUT2D eigenvalue weighted by Gasteiger charge is -2.14. The van der Waals surface area contributed by atoms with Crippen LogP contribution in [-0.4, -0.2) is 33.2 Å². The van der Waals surface area contributed by atoms with E-state index in [2.05, 4.69) is 20.7 Å². The van der Waals surface area contributed by atoms with Crippen LogP contribution in [0.15, 0.2) is 17.4 Å². The van der Waals surface area contributed by atoms with Crippen LogP contribution >= 0.6 is 0 Å². The van der Waals surface area contributed by atoms with Gasteiger partial charge < -0.3 is 16.3 Å². The molecule has 0 bridgehead atoms. The van der Waals surface area contributed by atoms with E-state index in [4.69, 9.17) is 10.9 Å². The van der Waals surface area contributed by atoms with E-state index in [0.717, 1.165) is 0 Å². The predicted molar refractivity (Wildman–Crippen MR) is 53.5 cm³/mol. The van der Waals surface area contributed by atoms with E-state index in [1.807, 2.05) is 6.92 Å². The highest BCUT2D eigenvalue weighted by Gasteiger charge is 2.16. The third-order valence-electron chi connectivity index (χ3n) is 1.93. The number of nitrogens with one attached hydrogen (secondary N) is 2. The molecule has 7 nitrogen and oxygen atoms in total. The molecule has 82 valence electrons. The smallest absolute Gasteiger partial charge is 0.269 e. The van der Waals surface area contributed by atoms with Crippen molar-refractivity contribution in [3.05, 3.63) is 18.0 Å². The Balaban J connectivity index is 2.64. The molecule has 1 heterocycles. The molecule has 0 aliphatic rings. The van der Waals surface area contributed by atoms with Crippen molar-refractivity contribution in [2.24, 2.45) is 10.9 Å². The maximum Gasteiger partial charge on any atom is 0.269 e. The van der Waals surface area contributed by atoms with Gasteiger partial charge in [-0.05, 0) is 12.5 Å². The second kappa shape index (κ2) is 4.99. The molecular formula is C8H13N5O2. The van der Waals surface area contributed by atoms with Crippen LogP contribution in [0.3, 0.4) is 0 Å². The molecule has 0 saturated heterocycles. The van der Waals surface area contributed by atoms with Crippen molar-refractivity contribution in [1.29, 1.82) is 0 Å². The van der Waals surface area contributed by atoms with Gasteiger partial charge in [-0.25, -0.2) is 0 Å². The lowest BCUT2D eigenvalue weighted by Crippen LogP contribution is -2.44. The molecule has 1 atom stereocenters. The molecule has 1 aromatic rings. The number of carbonyl (C=O) groups is 1. The maximum atomic E-state index is 11.5. The van der Waals surface area contributed by atoms with Gasteiger partial charge in [-0.1, -0.05) is 12.1 Å². The quantitative estimate of drug-likeness (QED) is 0.236. The van der Waals surface area contributed by atoms with Gasteiger partial charge in [-0.3, -0.25) is 9.89 Å². The van der Waals surface area contributed by atoms with Crippen LogP contribution < -0.4 is 11.1 Å². The molecule has 15 heavy (non-hydrogen) atoms. The van der Waals surface area contributed by atoms with E-state index in [1.165, 1.54) is 12.3 Å². The van der Waals surface area contributed by atoms with Gasteiger partial charge in [-0.15, -0.1) is 0 Å². The van der Waals surface area contributed by atoms with Crippen LogP contribution in [0.25, 0.3) is 0 Å². The monoisotopic (exact) mass is 211 g/mol. The maximum absolute atomic E-state index is 11.5. The van der Waals surface area contributed by atoms with E-state index >= 15 is 0 Å². The molecule has 1 amide bonds. The molecule has 0 fully saturated rings. The minimum Gasteiger partial charge on any atom is -0.409 e. The average Bonchev–Trinajstić information content (AvgIpc) is 2.77. The van der Waals surface area contributed by atoms with Crippen molar-refractivity contribution < 1.29 is 10.0 Å². The highest BCUT2D eigenvalue weighted by Crippen LogP contribution is 1.96. The van der Waals surface area contributed by atoms with Gasteiger partial charge in [0, 0.05) is 6.20 Å². The first-order valence-corrected chi connectivity index (χ1v) is 4.46. The summed E-state index contributed by atoms with van der Waals surface area (Å²) in [7, 11) is 0. The van der Waals surface area contributed by atoms with Crippen molar-refractivity contribution in [3.8, 4) is 0 Å². The fourth-order valence-electron chi connectivity index (χ4n) is 1.07. The number of aromatic nitrogens is 2. The fourth-order valence-corrected chi connectivity index (χ4v) is 1.07. The van der Waals surface area contributed by atoms with E-state index in [1.54, 1.807) is 0 Å². The number of amidine groups is 1. The highest BCUT2D eigenvalue weighted by atomic mass is 16.4. The summed E-state index contributed by atoms with van der Waals surface area (Å²) in [6.07, 6.45) is 2.01. The molecular weight excluding hydrogens is 198 g/mol. The van der Waals surface area contributed by atoms with Crippen molar-refractivity contribution in [3.63, 3.8) is 0 Å². The van der Waals surface area contributed by atoms with Gasteiger partial charge in [0.2, 0.25) is 0 Å². The number of rotatable bonds is 4. The second-order valence-electron chi connectivity index (χ2n) is 2.93. The number of nitrogens with two attached hydrogens (primary N) is 1. The number of oxime groups is 1. The van der Waals surface area contributed by atoms with Crippen LogP contribution in [0.4, 0.5) is 0 Å². The summed E-state index contributed by atoms with van der Waals surface area (Å²) in [5.74, 6) is -0.365. The number of hydrogen-bond donors (Lipinski definition) is 4. The Bertz CT molecular complexity index is 346. The molecule has 0 aromatic carbocycles. The van der Waals surface area contributed by atoms with E-state index in [-0.39, 0.29) is 11.7 Å². The Labute approximate surface area is 86.3 Å². The Kier molecular flexibility index (Phi) is 3.67. The van der Waals surface area contributed by atoms with Crippen LogP contribution in [0.5, 0.6) is 0 Å². The van der Waals surface area contributed by atoms with Crippen LogP contribution in [0, 0.1) is 0 Å². The molecule has 0 saturated carbocycles. The third kappa shape index (κ3) is 2.70. The van der Waals surface area contributed by atoms with Crippen molar-refractivity contribution in [2.75, 3.05) is 0 Å². The van der Waals surface area contributed by atoms with Gasteiger partial charge >= 0.3 is 0 Å². The van der Waals surface area contributed by atoms with Crippen LogP contribution in [0.2, 0.25) is 0 Å². The number of H-pyrrole nitrogens is 1. The zero-order valence-corrected chi connectivity index (χ0v) is 8.27. The molecule has 5 N–H and O–H groups in total. The molecule has 0 aliphatic heterocycles. The highest BCUT2D eigenvalue weighted by molar-refractivity contribution is 5.96. The minimum absolute atomic E-state index is 0.0228. The van der Waals surface area contributed by atoms with E-state index in [9.17, 15) is 4.79 Å². The Morgan fingerprint density at radius 1 is 1.87 bits per heavy atom.